The lowest BCUT2D eigenvalue weighted by molar-refractivity contribution is 0.0901. The van der Waals surface area contributed by atoms with Gasteiger partial charge in [-0.25, -0.2) is 4.79 Å². The van der Waals surface area contributed by atoms with Crippen molar-refractivity contribution in [1.29, 1.82) is 0 Å². The van der Waals surface area contributed by atoms with Gasteiger partial charge < -0.3 is 9.64 Å². The van der Waals surface area contributed by atoms with Crippen molar-refractivity contribution in [3.8, 4) is 0 Å². The highest BCUT2D eigenvalue weighted by atomic mass is 35.5. The molecule has 0 aromatic heterocycles. The Kier molecular flexibility index (Phi) is 5.39. The Labute approximate surface area is 160 Å². The molecule has 5 nitrogen and oxygen atoms in total. The fraction of sp³-hybridized carbons (Fsp3) is 0.650. The zero-order chi connectivity index (χ0) is 18.1. The zero-order valence-corrected chi connectivity index (χ0v) is 16.2. The van der Waals surface area contributed by atoms with Crippen molar-refractivity contribution >= 4 is 17.7 Å². The van der Waals surface area contributed by atoms with Crippen LogP contribution in [0.2, 0.25) is 5.02 Å². The summed E-state index contributed by atoms with van der Waals surface area (Å²) in [5.74, 6) is 0. The molecule has 0 spiro atoms. The molecule has 0 radical (unpaired) electrons. The second kappa shape index (κ2) is 7.75. The molecule has 1 amide bonds. The Balaban J connectivity index is 1.34. The minimum Gasteiger partial charge on any atom is -0.442 e. The van der Waals surface area contributed by atoms with E-state index in [1.54, 1.807) is 0 Å². The van der Waals surface area contributed by atoms with Crippen LogP contribution in [0.3, 0.4) is 0 Å². The lowest BCUT2D eigenvalue weighted by atomic mass is 10.0. The molecule has 0 aliphatic carbocycles. The maximum Gasteiger partial charge on any atom is 0.410 e. The third kappa shape index (κ3) is 3.71. The first kappa shape index (κ1) is 18.1. The van der Waals surface area contributed by atoms with E-state index in [2.05, 4.69) is 22.8 Å². The van der Waals surface area contributed by atoms with E-state index in [9.17, 15) is 4.79 Å². The quantitative estimate of drug-likeness (QED) is 0.790. The highest BCUT2D eigenvalue weighted by molar-refractivity contribution is 6.30. The molecule has 26 heavy (non-hydrogen) atoms. The first-order valence-corrected chi connectivity index (χ1v) is 10.2. The molecule has 0 N–H and O–H groups in total. The van der Waals surface area contributed by atoms with Gasteiger partial charge in [0.05, 0.1) is 6.04 Å². The molecule has 142 valence electrons. The molecule has 0 saturated carbocycles. The monoisotopic (exact) mass is 377 g/mol. The number of carbonyl (C=O) groups excluding carboxylic acids is 1. The molecular formula is C20H28ClN3O2. The van der Waals surface area contributed by atoms with Crippen molar-refractivity contribution in [2.45, 2.75) is 44.4 Å². The SMILES string of the molecule is CCN1CCC(N2C[C@H]3OC(=O)N(CCc4cccc(Cl)c4)[C@H]3C2)CC1. The van der Waals surface area contributed by atoms with E-state index in [0.29, 0.717) is 12.6 Å². The van der Waals surface area contributed by atoms with Crippen LogP contribution < -0.4 is 0 Å². The van der Waals surface area contributed by atoms with Gasteiger partial charge in [0.2, 0.25) is 0 Å². The molecule has 0 bridgehead atoms. The molecule has 3 saturated heterocycles. The lowest BCUT2D eigenvalue weighted by Crippen LogP contribution is -2.46. The molecular weight excluding hydrogens is 350 g/mol. The summed E-state index contributed by atoms with van der Waals surface area (Å²) < 4.78 is 5.68. The van der Waals surface area contributed by atoms with Crippen LogP contribution in [0.15, 0.2) is 24.3 Å². The third-order valence-corrected chi connectivity index (χ3v) is 6.44. The van der Waals surface area contributed by atoms with Gasteiger partial charge in [-0.1, -0.05) is 30.7 Å². The van der Waals surface area contributed by atoms with Gasteiger partial charge in [-0.3, -0.25) is 9.80 Å². The molecule has 3 fully saturated rings. The van der Waals surface area contributed by atoms with Crippen molar-refractivity contribution in [2.24, 2.45) is 0 Å². The van der Waals surface area contributed by atoms with Crippen LogP contribution >= 0.6 is 11.6 Å². The van der Waals surface area contributed by atoms with Gasteiger partial charge in [-0.2, -0.15) is 0 Å². The Morgan fingerprint density at radius 2 is 2.04 bits per heavy atom. The van der Waals surface area contributed by atoms with E-state index in [0.717, 1.165) is 36.6 Å². The Hall–Kier alpha value is -1.30. The van der Waals surface area contributed by atoms with Crippen LogP contribution in [0.1, 0.15) is 25.3 Å². The van der Waals surface area contributed by atoms with Crippen molar-refractivity contribution in [2.75, 3.05) is 39.3 Å². The van der Waals surface area contributed by atoms with E-state index in [1.807, 2.05) is 23.1 Å². The van der Waals surface area contributed by atoms with Gasteiger partial charge >= 0.3 is 6.09 Å². The summed E-state index contributed by atoms with van der Waals surface area (Å²) in [4.78, 5) is 19.3. The summed E-state index contributed by atoms with van der Waals surface area (Å²) in [5.41, 5.74) is 1.16. The van der Waals surface area contributed by atoms with Gasteiger partial charge in [0, 0.05) is 30.7 Å². The first-order valence-electron chi connectivity index (χ1n) is 9.82. The predicted molar refractivity (Wildman–Crippen MR) is 103 cm³/mol. The van der Waals surface area contributed by atoms with Gasteiger partial charge in [-0.05, 0) is 56.6 Å². The molecule has 3 aliphatic heterocycles. The number of piperidine rings is 1. The number of benzene rings is 1. The van der Waals surface area contributed by atoms with E-state index in [1.165, 1.54) is 25.9 Å². The highest BCUT2D eigenvalue weighted by Crippen LogP contribution is 2.30. The maximum atomic E-state index is 12.3. The van der Waals surface area contributed by atoms with Crippen LogP contribution in [0, 0.1) is 0 Å². The van der Waals surface area contributed by atoms with E-state index < -0.39 is 0 Å². The van der Waals surface area contributed by atoms with E-state index in [4.69, 9.17) is 16.3 Å². The Morgan fingerprint density at radius 1 is 1.23 bits per heavy atom. The topological polar surface area (TPSA) is 36.0 Å². The first-order chi connectivity index (χ1) is 12.6. The summed E-state index contributed by atoms with van der Waals surface area (Å²) in [6, 6.07) is 8.71. The zero-order valence-electron chi connectivity index (χ0n) is 15.4. The molecule has 0 unspecified atom stereocenters. The molecule has 6 heteroatoms. The second-order valence-corrected chi connectivity index (χ2v) is 8.12. The highest BCUT2D eigenvalue weighted by Gasteiger charge is 2.48. The lowest BCUT2D eigenvalue weighted by Gasteiger charge is -2.36. The summed E-state index contributed by atoms with van der Waals surface area (Å²) in [6.45, 7) is 8.29. The molecule has 1 aromatic rings. The number of ether oxygens (including phenoxy) is 1. The molecule has 1 aromatic carbocycles. The Morgan fingerprint density at radius 3 is 2.77 bits per heavy atom. The summed E-state index contributed by atoms with van der Waals surface area (Å²) in [7, 11) is 0. The molecule has 2 atom stereocenters. The molecule has 3 heterocycles. The van der Waals surface area contributed by atoms with Crippen LogP contribution in [0.4, 0.5) is 4.79 Å². The van der Waals surface area contributed by atoms with Crippen LogP contribution in [-0.4, -0.2) is 78.2 Å². The predicted octanol–water partition coefficient (Wildman–Crippen LogP) is 2.87. The summed E-state index contributed by atoms with van der Waals surface area (Å²) in [5, 5.41) is 0.745. The number of amides is 1. The van der Waals surface area contributed by atoms with Crippen molar-refractivity contribution in [3.05, 3.63) is 34.9 Å². The number of carbonyl (C=O) groups is 1. The number of hydrogen-bond acceptors (Lipinski definition) is 4. The molecule has 4 rings (SSSR count). The van der Waals surface area contributed by atoms with Gasteiger partial charge in [-0.15, -0.1) is 0 Å². The summed E-state index contributed by atoms with van der Waals surface area (Å²) >= 11 is 6.07. The average Bonchev–Trinajstić information content (AvgIpc) is 3.17. The second-order valence-electron chi connectivity index (χ2n) is 7.68. The fourth-order valence-electron chi connectivity index (χ4n) is 4.63. The minimum atomic E-state index is -0.150. The van der Waals surface area contributed by atoms with Crippen molar-refractivity contribution in [1.82, 2.24) is 14.7 Å². The van der Waals surface area contributed by atoms with Gasteiger partial charge in [0.15, 0.2) is 0 Å². The number of rotatable bonds is 5. The summed E-state index contributed by atoms with van der Waals surface area (Å²) in [6.07, 6.45) is 3.15. The maximum absolute atomic E-state index is 12.3. The third-order valence-electron chi connectivity index (χ3n) is 6.20. The number of likely N-dealkylation sites (tertiary alicyclic amines) is 2. The van der Waals surface area contributed by atoms with E-state index in [-0.39, 0.29) is 18.2 Å². The van der Waals surface area contributed by atoms with Crippen LogP contribution in [0.25, 0.3) is 0 Å². The standard InChI is InChI=1S/C20H28ClN3O2/c1-2-22-9-7-17(8-10-22)23-13-18-19(14-23)26-20(25)24(18)11-6-15-4-3-5-16(21)12-15/h3-5,12,17-19H,2,6-11,13-14H2,1H3/t18-,19+/m0/s1. The number of fused-ring (bicyclic) bond motifs is 1. The van der Waals surface area contributed by atoms with Crippen molar-refractivity contribution < 1.29 is 9.53 Å². The van der Waals surface area contributed by atoms with Crippen LogP contribution in [0.5, 0.6) is 0 Å². The van der Waals surface area contributed by atoms with Crippen molar-refractivity contribution in [3.63, 3.8) is 0 Å². The number of halogens is 1. The number of hydrogen-bond donors (Lipinski definition) is 0. The smallest absolute Gasteiger partial charge is 0.410 e. The number of nitrogens with zero attached hydrogens (tertiary/aromatic N) is 3. The van der Waals surface area contributed by atoms with Gasteiger partial charge in [0.25, 0.3) is 0 Å². The largest absolute Gasteiger partial charge is 0.442 e. The molecule has 3 aliphatic rings. The minimum absolute atomic E-state index is 0.0334. The van der Waals surface area contributed by atoms with Gasteiger partial charge in [0.1, 0.15) is 6.10 Å². The normalized spacial score (nSPS) is 27.8. The van der Waals surface area contributed by atoms with Crippen LogP contribution in [-0.2, 0) is 11.2 Å². The van der Waals surface area contributed by atoms with E-state index >= 15 is 0 Å². The Bertz CT molecular complexity index is 648. The fourth-order valence-corrected chi connectivity index (χ4v) is 4.84. The average molecular weight is 378 g/mol.